The van der Waals surface area contributed by atoms with Gasteiger partial charge in [-0.1, -0.05) is 21.6 Å². The second kappa shape index (κ2) is 13.0. The first kappa shape index (κ1) is 27.4. The van der Waals surface area contributed by atoms with Gasteiger partial charge in [-0.2, -0.15) is 13.2 Å². The predicted octanol–water partition coefficient (Wildman–Crippen LogP) is 3.77. The number of amides is 1. The Bertz CT molecular complexity index is 957. The van der Waals surface area contributed by atoms with Crippen LogP contribution in [-0.2, 0) is 9.59 Å². The summed E-state index contributed by atoms with van der Waals surface area (Å²) in [5.41, 5.74) is 2.04. The van der Waals surface area contributed by atoms with Gasteiger partial charge in [0, 0.05) is 23.4 Å². The van der Waals surface area contributed by atoms with Crippen molar-refractivity contribution in [2.45, 2.75) is 19.5 Å². The summed E-state index contributed by atoms with van der Waals surface area (Å²) in [7, 11) is 4.65. The Morgan fingerprint density at radius 3 is 2.31 bits per heavy atom. The lowest BCUT2D eigenvalue weighted by Crippen LogP contribution is -2.26. The van der Waals surface area contributed by atoms with Gasteiger partial charge in [0.05, 0.1) is 30.3 Å². The Kier molecular flexibility index (Phi) is 11.1. The standard InChI is InChI=1S/C17H20N2O4S2.C2HF3O2/c1-11-14(10-12-9-13(23-2)3-4-15(12)19-11)17(22)18-6-8-25-24-7-5-16(20)21;3-2(4,5)1(6)7/h3-4,9-10H,5-8H2,1-2H3,(H,18,22)(H,20,21);(H,6,7). The summed E-state index contributed by atoms with van der Waals surface area (Å²) in [6.45, 7) is 2.33. The molecule has 1 aromatic heterocycles. The van der Waals surface area contributed by atoms with E-state index in [0.717, 1.165) is 16.7 Å². The van der Waals surface area contributed by atoms with Gasteiger partial charge < -0.3 is 20.3 Å². The number of hydrogen-bond donors (Lipinski definition) is 3. The van der Waals surface area contributed by atoms with Crippen LogP contribution in [-0.4, -0.2) is 64.4 Å². The molecule has 13 heteroatoms. The lowest BCUT2D eigenvalue weighted by molar-refractivity contribution is -0.192. The van der Waals surface area contributed by atoms with E-state index >= 15 is 0 Å². The second-order valence-corrected chi connectivity index (χ2v) is 8.73. The average molecular weight is 495 g/mol. The number of methoxy groups -OCH3 is 1. The van der Waals surface area contributed by atoms with Crippen LogP contribution in [0.3, 0.4) is 0 Å². The summed E-state index contributed by atoms with van der Waals surface area (Å²) < 4.78 is 36.9. The molecule has 0 fully saturated rings. The number of halogens is 3. The maximum Gasteiger partial charge on any atom is 0.490 e. The maximum atomic E-state index is 12.4. The molecule has 0 atom stereocenters. The largest absolute Gasteiger partial charge is 0.497 e. The molecule has 0 radical (unpaired) electrons. The van der Waals surface area contributed by atoms with E-state index in [1.165, 1.54) is 10.8 Å². The molecule has 0 saturated heterocycles. The molecule has 32 heavy (non-hydrogen) atoms. The Balaban J connectivity index is 0.000000633. The van der Waals surface area contributed by atoms with Crippen molar-refractivity contribution < 1.29 is 42.5 Å². The van der Waals surface area contributed by atoms with Crippen LogP contribution in [0, 0.1) is 6.92 Å². The molecule has 1 heterocycles. The maximum absolute atomic E-state index is 12.4. The number of nitrogens with one attached hydrogen (secondary N) is 1. The van der Waals surface area contributed by atoms with Gasteiger partial charge in [0.15, 0.2) is 0 Å². The minimum absolute atomic E-state index is 0.148. The minimum Gasteiger partial charge on any atom is -0.497 e. The van der Waals surface area contributed by atoms with Crippen molar-refractivity contribution in [3.63, 3.8) is 0 Å². The van der Waals surface area contributed by atoms with Gasteiger partial charge in [0.1, 0.15) is 5.75 Å². The number of aromatic nitrogens is 1. The molecule has 3 N–H and O–H groups in total. The van der Waals surface area contributed by atoms with Crippen LogP contribution in [0.25, 0.3) is 10.9 Å². The third-order valence-electron chi connectivity index (χ3n) is 3.65. The average Bonchev–Trinajstić information content (AvgIpc) is 2.71. The number of hydrogen-bond acceptors (Lipinski definition) is 7. The summed E-state index contributed by atoms with van der Waals surface area (Å²) in [5, 5.41) is 19.4. The van der Waals surface area contributed by atoms with E-state index in [-0.39, 0.29) is 12.3 Å². The smallest absolute Gasteiger partial charge is 0.490 e. The number of carboxylic acid groups (broad SMARTS) is 2. The Hall–Kier alpha value is -2.67. The number of fused-ring (bicyclic) bond motifs is 1. The molecule has 2 aromatic rings. The molecule has 0 unspecified atom stereocenters. The Morgan fingerprint density at radius 1 is 1.12 bits per heavy atom. The molecule has 0 aliphatic heterocycles. The first-order valence-electron chi connectivity index (χ1n) is 8.95. The van der Waals surface area contributed by atoms with Crippen molar-refractivity contribution in [2.24, 2.45) is 0 Å². The normalized spacial score (nSPS) is 10.8. The van der Waals surface area contributed by atoms with Gasteiger partial charge in [0.2, 0.25) is 0 Å². The zero-order chi connectivity index (χ0) is 24.3. The highest BCUT2D eigenvalue weighted by Gasteiger charge is 2.38. The van der Waals surface area contributed by atoms with Gasteiger partial charge >= 0.3 is 18.1 Å². The third kappa shape index (κ3) is 9.64. The fraction of sp³-hybridized carbons (Fsp3) is 0.368. The highest BCUT2D eigenvalue weighted by Crippen LogP contribution is 2.23. The Morgan fingerprint density at radius 2 is 1.75 bits per heavy atom. The predicted molar refractivity (Wildman–Crippen MR) is 116 cm³/mol. The van der Waals surface area contributed by atoms with Gasteiger partial charge in [-0.3, -0.25) is 14.6 Å². The SMILES string of the molecule is COc1ccc2nc(C)c(C(=O)NCCSSCCC(=O)O)cc2c1.O=C(O)C(F)(F)F. The molecular formula is C19H21F3N2O6S2. The van der Waals surface area contributed by atoms with Crippen molar-refractivity contribution in [3.05, 3.63) is 35.5 Å². The van der Waals surface area contributed by atoms with Crippen LogP contribution in [0.4, 0.5) is 13.2 Å². The van der Waals surface area contributed by atoms with Crippen LogP contribution in [0.15, 0.2) is 24.3 Å². The first-order chi connectivity index (χ1) is 15.0. The van der Waals surface area contributed by atoms with Crippen molar-refractivity contribution in [2.75, 3.05) is 25.2 Å². The van der Waals surface area contributed by atoms with Gasteiger partial charge in [-0.05, 0) is 31.2 Å². The van der Waals surface area contributed by atoms with Crippen molar-refractivity contribution in [3.8, 4) is 5.75 Å². The summed E-state index contributed by atoms with van der Waals surface area (Å²) in [4.78, 5) is 36.1. The molecule has 0 aliphatic carbocycles. The van der Waals surface area contributed by atoms with Crippen LogP contribution in [0.1, 0.15) is 22.5 Å². The molecule has 0 spiro atoms. The molecule has 0 bridgehead atoms. The number of carboxylic acids is 2. The number of aliphatic carboxylic acids is 2. The number of carbonyl (C=O) groups is 3. The van der Waals surface area contributed by atoms with E-state index in [0.29, 0.717) is 29.3 Å². The van der Waals surface area contributed by atoms with E-state index in [4.69, 9.17) is 19.7 Å². The molecular weight excluding hydrogens is 473 g/mol. The number of alkyl halides is 3. The van der Waals surface area contributed by atoms with Crippen molar-refractivity contribution in [1.82, 2.24) is 10.3 Å². The first-order valence-corrected chi connectivity index (χ1v) is 11.4. The number of carbonyl (C=O) groups excluding carboxylic acids is 1. The summed E-state index contributed by atoms with van der Waals surface area (Å²) >= 11 is 0. The summed E-state index contributed by atoms with van der Waals surface area (Å²) in [6, 6.07) is 7.39. The van der Waals surface area contributed by atoms with E-state index in [1.807, 2.05) is 31.2 Å². The van der Waals surface area contributed by atoms with Gasteiger partial charge in [-0.15, -0.1) is 0 Å². The fourth-order valence-electron chi connectivity index (χ4n) is 2.16. The van der Waals surface area contributed by atoms with Gasteiger partial charge in [0.25, 0.3) is 5.91 Å². The Labute approximate surface area is 189 Å². The molecule has 1 amide bonds. The van der Waals surface area contributed by atoms with E-state index < -0.39 is 18.1 Å². The van der Waals surface area contributed by atoms with Crippen molar-refractivity contribution >= 4 is 50.3 Å². The van der Waals surface area contributed by atoms with Crippen molar-refractivity contribution in [1.29, 1.82) is 0 Å². The molecule has 0 saturated carbocycles. The van der Waals surface area contributed by atoms with Crippen LogP contribution < -0.4 is 10.1 Å². The lowest BCUT2D eigenvalue weighted by atomic mass is 10.1. The number of pyridine rings is 1. The van der Waals surface area contributed by atoms with E-state index in [9.17, 15) is 22.8 Å². The zero-order valence-electron chi connectivity index (χ0n) is 17.1. The quantitative estimate of drug-likeness (QED) is 0.353. The van der Waals surface area contributed by atoms with E-state index in [2.05, 4.69) is 10.3 Å². The molecule has 0 aliphatic rings. The third-order valence-corrected chi connectivity index (χ3v) is 6.06. The highest BCUT2D eigenvalue weighted by molar-refractivity contribution is 8.76. The number of benzene rings is 1. The monoisotopic (exact) mass is 494 g/mol. The number of nitrogens with zero attached hydrogens (tertiary/aromatic N) is 1. The topological polar surface area (TPSA) is 126 Å². The number of aryl methyl sites for hydroxylation is 1. The van der Waals surface area contributed by atoms with Gasteiger partial charge in [-0.25, -0.2) is 4.79 Å². The molecule has 2 rings (SSSR count). The lowest BCUT2D eigenvalue weighted by Gasteiger charge is -2.09. The van der Waals surface area contributed by atoms with E-state index in [1.54, 1.807) is 17.9 Å². The molecule has 1 aromatic carbocycles. The summed E-state index contributed by atoms with van der Waals surface area (Å²) in [6.07, 6.45) is -4.94. The van der Waals surface area contributed by atoms with Crippen LogP contribution in [0.2, 0.25) is 0 Å². The second-order valence-electron chi connectivity index (χ2n) is 6.03. The minimum atomic E-state index is -5.08. The van der Waals surface area contributed by atoms with Crippen LogP contribution >= 0.6 is 21.6 Å². The number of rotatable bonds is 9. The van der Waals surface area contributed by atoms with Crippen LogP contribution in [0.5, 0.6) is 5.75 Å². The number of ether oxygens (including phenoxy) is 1. The summed E-state index contributed by atoms with van der Waals surface area (Å²) in [5.74, 6) is -1.72. The zero-order valence-corrected chi connectivity index (χ0v) is 18.7. The molecule has 8 nitrogen and oxygen atoms in total. The highest BCUT2D eigenvalue weighted by atomic mass is 33.1. The molecule has 176 valence electrons. The fourth-order valence-corrected chi connectivity index (χ4v) is 4.04.